The van der Waals surface area contributed by atoms with Crippen molar-refractivity contribution < 1.29 is 17.6 Å². The van der Waals surface area contributed by atoms with Gasteiger partial charge in [-0.25, -0.2) is 17.6 Å². The summed E-state index contributed by atoms with van der Waals surface area (Å²) in [7, 11) is 0. The maximum absolute atomic E-state index is 12.2. The second kappa shape index (κ2) is 2.76. The zero-order chi connectivity index (χ0) is 8.41. The Balaban J connectivity index is 3.89. The van der Waals surface area contributed by atoms with Crippen LogP contribution in [0.5, 0.6) is 0 Å². The molecule has 10 heavy (non-hydrogen) atoms. The summed E-state index contributed by atoms with van der Waals surface area (Å²) in [6.07, 6.45) is -1.88. The predicted molar refractivity (Wildman–Crippen MR) is 30.5 cm³/mol. The van der Waals surface area contributed by atoms with Crippen LogP contribution in [0.25, 0.3) is 0 Å². The molecule has 0 radical (unpaired) electrons. The minimum atomic E-state index is -3.26. The molecule has 0 nitrogen and oxygen atoms in total. The van der Waals surface area contributed by atoms with Gasteiger partial charge in [-0.3, -0.25) is 0 Å². The molecule has 0 amide bonds. The Hall–Kier alpha value is -0.280. The number of rotatable bonds is 3. The fraction of sp³-hybridized carbons (Fsp3) is 1.00. The molecule has 4 heteroatoms. The van der Waals surface area contributed by atoms with Crippen molar-refractivity contribution in [1.82, 2.24) is 0 Å². The van der Waals surface area contributed by atoms with Gasteiger partial charge in [-0.1, -0.05) is 6.92 Å². The lowest BCUT2D eigenvalue weighted by Crippen LogP contribution is -2.25. The molecule has 0 aromatic heterocycles. The highest BCUT2D eigenvalue weighted by Crippen LogP contribution is 2.31. The van der Waals surface area contributed by atoms with Crippen LogP contribution in [0.2, 0.25) is 0 Å². The summed E-state index contributed by atoms with van der Waals surface area (Å²) in [4.78, 5) is 0. The van der Waals surface area contributed by atoms with Crippen LogP contribution in [0.3, 0.4) is 0 Å². The molecule has 0 fully saturated rings. The summed E-state index contributed by atoms with van der Waals surface area (Å²) in [5, 5.41) is 0. The standard InChI is InChI=1S/C6H10F4/c1-3-6(9,10)4-5(2,7)8/h3-4H2,1-2H3. The van der Waals surface area contributed by atoms with E-state index < -0.39 is 24.7 Å². The van der Waals surface area contributed by atoms with Crippen molar-refractivity contribution in [3.8, 4) is 0 Å². The van der Waals surface area contributed by atoms with E-state index in [1.807, 2.05) is 0 Å². The van der Waals surface area contributed by atoms with E-state index in [1.165, 1.54) is 6.92 Å². The molecule has 0 aliphatic rings. The molecular weight excluding hydrogens is 148 g/mol. The van der Waals surface area contributed by atoms with Crippen molar-refractivity contribution in [3.05, 3.63) is 0 Å². The molecule has 0 saturated carbocycles. The topological polar surface area (TPSA) is 0 Å². The molecule has 0 N–H and O–H groups in total. The third kappa shape index (κ3) is 4.58. The van der Waals surface area contributed by atoms with Crippen LogP contribution in [-0.4, -0.2) is 11.8 Å². The van der Waals surface area contributed by atoms with Gasteiger partial charge >= 0.3 is 0 Å². The third-order valence-electron chi connectivity index (χ3n) is 1.09. The molecule has 0 aliphatic carbocycles. The zero-order valence-electron chi connectivity index (χ0n) is 5.93. The van der Waals surface area contributed by atoms with Gasteiger partial charge in [-0.15, -0.1) is 0 Å². The SMILES string of the molecule is CCC(F)(F)CC(C)(F)F. The quantitative estimate of drug-likeness (QED) is 0.553. The first-order valence-electron chi connectivity index (χ1n) is 3.02. The summed E-state index contributed by atoms with van der Waals surface area (Å²) < 4.78 is 48.2. The highest BCUT2D eigenvalue weighted by Gasteiger charge is 2.37. The summed E-state index contributed by atoms with van der Waals surface area (Å²) in [5.41, 5.74) is 0. The fourth-order valence-electron chi connectivity index (χ4n) is 0.579. The first-order chi connectivity index (χ1) is 4.27. The maximum atomic E-state index is 12.2. The second-order valence-corrected chi connectivity index (χ2v) is 2.46. The Morgan fingerprint density at radius 1 is 1.10 bits per heavy atom. The Morgan fingerprint density at radius 2 is 1.50 bits per heavy atom. The normalized spacial score (nSPS) is 13.8. The average Bonchev–Trinajstić information content (AvgIpc) is 1.60. The van der Waals surface area contributed by atoms with Crippen molar-refractivity contribution >= 4 is 0 Å². The van der Waals surface area contributed by atoms with Crippen molar-refractivity contribution in [2.45, 2.75) is 38.5 Å². The monoisotopic (exact) mass is 158 g/mol. The van der Waals surface area contributed by atoms with E-state index in [1.54, 1.807) is 0 Å². The van der Waals surface area contributed by atoms with Gasteiger partial charge in [0.25, 0.3) is 11.8 Å². The van der Waals surface area contributed by atoms with Crippen molar-refractivity contribution in [1.29, 1.82) is 0 Å². The smallest absolute Gasteiger partial charge is 0.207 e. The summed E-state index contributed by atoms with van der Waals surface area (Å²) in [5.74, 6) is -6.49. The van der Waals surface area contributed by atoms with E-state index >= 15 is 0 Å². The molecule has 0 spiro atoms. The molecule has 0 aromatic rings. The lowest BCUT2D eigenvalue weighted by atomic mass is 10.1. The van der Waals surface area contributed by atoms with Crippen LogP contribution in [0.15, 0.2) is 0 Å². The van der Waals surface area contributed by atoms with Gasteiger partial charge in [0.1, 0.15) is 0 Å². The van der Waals surface area contributed by atoms with E-state index in [-0.39, 0.29) is 0 Å². The van der Waals surface area contributed by atoms with E-state index in [2.05, 4.69) is 0 Å². The van der Waals surface area contributed by atoms with E-state index in [0.29, 0.717) is 6.92 Å². The number of hydrogen-bond donors (Lipinski definition) is 0. The molecule has 0 heterocycles. The molecule has 0 atom stereocenters. The fourth-order valence-corrected chi connectivity index (χ4v) is 0.579. The van der Waals surface area contributed by atoms with Crippen LogP contribution in [0.1, 0.15) is 26.7 Å². The van der Waals surface area contributed by atoms with Gasteiger partial charge < -0.3 is 0 Å². The molecule has 0 saturated heterocycles. The number of halogens is 4. The summed E-state index contributed by atoms with van der Waals surface area (Å²) in [6, 6.07) is 0. The number of hydrogen-bond acceptors (Lipinski definition) is 0. The lowest BCUT2D eigenvalue weighted by molar-refractivity contribution is -0.102. The summed E-state index contributed by atoms with van der Waals surface area (Å²) in [6.45, 7) is 1.68. The Bertz CT molecular complexity index is 103. The molecule has 0 aliphatic heterocycles. The van der Waals surface area contributed by atoms with Crippen LogP contribution in [0.4, 0.5) is 17.6 Å². The second-order valence-electron chi connectivity index (χ2n) is 2.46. The number of alkyl halides is 4. The maximum Gasteiger partial charge on any atom is 0.253 e. The minimum absolute atomic E-state index is 0.497. The molecule has 0 aromatic carbocycles. The van der Waals surface area contributed by atoms with Gasteiger partial charge in [0.2, 0.25) is 0 Å². The first kappa shape index (κ1) is 9.72. The van der Waals surface area contributed by atoms with Crippen molar-refractivity contribution in [2.75, 3.05) is 0 Å². The zero-order valence-corrected chi connectivity index (χ0v) is 5.93. The summed E-state index contributed by atoms with van der Waals surface area (Å²) >= 11 is 0. The highest BCUT2D eigenvalue weighted by atomic mass is 19.3. The lowest BCUT2D eigenvalue weighted by Gasteiger charge is -2.18. The third-order valence-corrected chi connectivity index (χ3v) is 1.09. The van der Waals surface area contributed by atoms with Gasteiger partial charge in [-0.05, 0) is 6.92 Å². The first-order valence-corrected chi connectivity index (χ1v) is 3.02. The van der Waals surface area contributed by atoms with Crippen LogP contribution < -0.4 is 0 Å². The minimum Gasteiger partial charge on any atom is -0.207 e. The highest BCUT2D eigenvalue weighted by molar-refractivity contribution is 4.71. The molecular formula is C6H10F4. The predicted octanol–water partition coefficient (Wildman–Crippen LogP) is 3.08. The van der Waals surface area contributed by atoms with Crippen molar-refractivity contribution in [3.63, 3.8) is 0 Å². The van der Waals surface area contributed by atoms with E-state index in [4.69, 9.17) is 0 Å². The van der Waals surface area contributed by atoms with Crippen LogP contribution >= 0.6 is 0 Å². The molecule has 0 rings (SSSR count). The Kier molecular flexibility index (Phi) is 2.68. The van der Waals surface area contributed by atoms with E-state index in [0.717, 1.165) is 0 Å². The molecule has 62 valence electrons. The van der Waals surface area contributed by atoms with Crippen LogP contribution in [0, 0.1) is 0 Å². The largest absolute Gasteiger partial charge is 0.253 e. The van der Waals surface area contributed by atoms with Gasteiger partial charge in [0, 0.05) is 6.42 Å². The molecule has 0 bridgehead atoms. The van der Waals surface area contributed by atoms with Gasteiger partial charge in [-0.2, -0.15) is 0 Å². The van der Waals surface area contributed by atoms with E-state index in [9.17, 15) is 17.6 Å². The van der Waals surface area contributed by atoms with Crippen molar-refractivity contribution in [2.24, 2.45) is 0 Å². The van der Waals surface area contributed by atoms with Gasteiger partial charge in [0.15, 0.2) is 0 Å². The van der Waals surface area contributed by atoms with Gasteiger partial charge in [0.05, 0.1) is 6.42 Å². The molecule has 0 unspecified atom stereocenters. The van der Waals surface area contributed by atoms with Crippen LogP contribution in [-0.2, 0) is 0 Å². The Morgan fingerprint density at radius 3 is 1.60 bits per heavy atom. The average molecular weight is 158 g/mol. The Labute approximate surface area is 57.2 Å².